The third-order valence-corrected chi connectivity index (χ3v) is 4.36. The van der Waals surface area contributed by atoms with Gasteiger partial charge in [0.2, 0.25) is 5.44 Å². The maximum absolute atomic E-state index is 11.2. The molecule has 0 saturated carbocycles. The monoisotopic (exact) mass is 320 g/mol. The number of ether oxygens (including phenoxy) is 1. The number of benzene rings is 1. The van der Waals surface area contributed by atoms with Crippen molar-refractivity contribution in [3.05, 3.63) is 28.2 Å². The van der Waals surface area contributed by atoms with Gasteiger partial charge in [-0.25, -0.2) is 0 Å². The molecule has 0 amide bonds. The van der Waals surface area contributed by atoms with Crippen molar-refractivity contribution in [2.75, 3.05) is 0 Å². The Kier molecular flexibility index (Phi) is 3.00. The molecule has 94 valence electrons. The zero-order valence-corrected chi connectivity index (χ0v) is 11.9. The molecule has 0 aromatic heterocycles. The smallest absolute Gasteiger partial charge is 0.303 e. The van der Waals surface area contributed by atoms with Crippen LogP contribution in [0.1, 0.15) is 25.8 Å². The van der Waals surface area contributed by atoms with E-state index in [4.69, 9.17) is 9.29 Å². The fourth-order valence-electron chi connectivity index (χ4n) is 2.03. The third-order valence-electron chi connectivity index (χ3n) is 2.94. The zero-order valence-electron chi connectivity index (χ0n) is 9.47. The lowest BCUT2D eigenvalue weighted by molar-refractivity contribution is 0.185. The van der Waals surface area contributed by atoms with Gasteiger partial charge in [-0.1, -0.05) is 35.8 Å². The fraction of sp³-hybridized carbons (Fsp3) is 0.455. The van der Waals surface area contributed by atoms with Crippen LogP contribution < -0.4 is 4.74 Å². The number of hydrogen-bond acceptors (Lipinski definition) is 3. The molecule has 0 aliphatic carbocycles. The summed E-state index contributed by atoms with van der Waals surface area (Å²) in [6.45, 7) is 3.86. The van der Waals surface area contributed by atoms with Gasteiger partial charge < -0.3 is 4.74 Å². The van der Waals surface area contributed by atoms with Crippen LogP contribution in [-0.4, -0.2) is 18.4 Å². The van der Waals surface area contributed by atoms with E-state index >= 15 is 0 Å². The van der Waals surface area contributed by atoms with Gasteiger partial charge in [-0.15, -0.1) is 0 Å². The lowest BCUT2D eigenvalue weighted by Crippen LogP contribution is -2.39. The Morgan fingerprint density at radius 2 is 2.12 bits per heavy atom. The van der Waals surface area contributed by atoms with Crippen LogP contribution in [-0.2, 0) is 15.5 Å². The second kappa shape index (κ2) is 3.96. The standard InChI is InChI=1S/C11H13BrO4S/c1-11(2)6-10(17(13,14)15)16-9-5-7(12)3-4-8(9)11/h3-5,10H,6H2,1-2H3,(H,13,14,15). The van der Waals surface area contributed by atoms with Gasteiger partial charge in [0, 0.05) is 16.5 Å². The van der Waals surface area contributed by atoms with Gasteiger partial charge in [0.25, 0.3) is 0 Å². The Morgan fingerprint density at radius 1 is 1.47 bits per heavy atom. The number of hydrogen-bond donors (Lipinski definition) is 1. The Hall–Kier alpha value is -0.590. The Bertz CT molecular complexity index is 551. The quantitative estimate of drug-likeness (QED) is 0.808. The van der Waals surface area contributed by atoms with Gasteiger partial charge in [0.1, 0.15) is 5.75 Å². The minimum Gasteiger partial charge on any atom is -0.472 e. The summed E-state index contributed by atoms with van der Waals surface area (Å²) in [4.78, 5) is 0. The minimum atomic E-state index is -4.19. The van der Waals surface area contributed by atoms with E-state index in [9.17, 15) is 8.42 Å². The topological polar surface area (TPSA) is 63.6 Å². The Labute approximate surface area is 109 Å². The maximum Gasteiger partial charge on any atom is 0.303 e. The maximum atomic E-state index is 11.2. The van der Waals surface area contributed by atoms with Crippen LogP contribution >= 0.6 is 15.9 Å². The van der Waals surface area contributed by atoms with Gasteiger partial charge in [-0.05, 0) is 17.5 Å². The molecule has 0 fully saturated rings. The largest absolute Gasteiger partial charge is 0.472 e. The summed E-state index contributed by atoms with van der Waals surface area (Å²) in [7, 11) is -4.19. The second-order valence-electron chi connectivity index (χ2n) is 4.79. The average Bonchev–Trinajstić information content (AvgIpc) is 2.13. The van der Waals surface area contributed by atoms with Gasteiger partial charge in [0.05, 0.1) is 0 Å². The summed E-state index contributed by atoms with van der Waals surface area (Å²) in [6, 6.07) is 5.51. The van der Waals surface area contributed by atoms with Crippen molar-refractivity contribution in [2.45, 2.75) is 31.1 Å². The number of halogens is 1. The van der Waals surface area contributed by atoms with E-state index in [0.29, 0.717) is 5.75 Å². The van der Waals surface area contributed by atoms with Crippen molar-refractivity contribution in [1.82, 2.24) is 0 Å². The van der Waals surface area contributed by atoms with E-state index in [1.165, 1.54) is 0 Å². The molecule has 1 aromatic rings. The molecule has 0 bridgehead atoms. The highest BCUT2D eigenvalue weighted by Gasteiger charge is 2.40. The molecule has 2 rings (SSSR count). The normalized spacial score (nSPS) is 22.7. The SMILES string of the molecule is CC1(C)CC(S(=O)(=O)O)Oc2cc(Br)ccc21. The summed E-state index contributed by atoms with van der Waals surface area (Å²) in [5.41, 5.74) is -0.603. The van der Waals surface area contributed by atoms with Gasteiger partial charge >= 0.3 is 10.1 Å². The van der Waals surface area contributed by atoms with Crippen molar-refractivity contribution < 1.29 is 17.7 Å². The van der Waals surface area contributed by atoms with Gasteiger partial charge in [-0.2, -0.15) is 8.42 Å². The van der Waals surface area contributed by atoms with Crippen LogP contribution in [0, 0.1) is 0 Å². The second-order valence-corrected chi connectivity index (χ2v) is 7.26. The summed E-state index contributed by atoms with van der Waals surface area (Å²) in [6.07, 6.45) is 0.237. The first-order valence-corrected chi connectivity index (χ1v) is 7.43. The van der Waals surface area contributed by atoms with Crippen molar-refractivity contribution in [2.24, 2.45) is 0 Å². The Morgan fingerprint density at radius 3 is 2.71 bits per heavy atom. The molecule has 0 radical (unpaired) electrons. The van der Waals surface area contributed by atoms with Crippen LogP contribution in [0.4, 0.5) is 0 Å². The molecule has 17 heavy (non-hydrogen) atoms. The molecule has 1 heterocycles. The minimum absolute atomic E-state index is 0.237. The van der Waals surface area contributed by atoms with Crippen LogP contribution in [0.15, 0.2) is 22.7 Å². The summed E-state index contributed by atoms with van der Waals surface area (Å²) >= 11 is 3.31. The van der Waals surface area contributed by atoms with Gasteiger partial charge in [-0.3, -0.25) is 4.55 Å². The predicted molar refractivity (Wildman–Crippen MR) is 67.7 cm³/mol. The first-order valence-electron chi connectivity index (χ1n) is 5.13. The zero-order chi connectivity index (χ0) is 12.8. The van der Waals surface area contributed by atoms with E-state index in [1.54, 1.807) is 6.07 Å². The van der Waals surface area contributed by atoms with E-state index in [-0.39, 0.29) is 11.8 Å². The highest BCUT2D eigenvalue weighted by atomic mass is 79.9. The molecule has 1 aromatic carbocycles. The van der Waals surface area contributed by atoms with Crippen molar-refractivity contribution in [1.29, 1.82) is 0 Å². The molecule has 1 aliphatic heterocycles. The Balaban J connectivity index is 2.52. The fourth-order valence-corrected chi connectivity index (χ4v) is 3.22. The van der Waals surface area contributed by atoms with Crippen molar-refractivity contribution in [3.8, 4) is 5.75 Å². The molecule has 1 atom stereocenters. The van der Waals surface area contributed by atoms with Crippen molar-refractivity contribution in [3.63, 3.8) is 0 Å². The highest BCUT2D eigenvalue weighted by molar-refractivity contribution is 9.10. The molecule has 0 saturated heterocycles. The molecule has 4 nitrogen and oxygen atoms in total. The molecule has 0 spiro atoms. The van der Waals surface area contributed by atoms with Gasteiger partial charge in [0.15, 0.2) is 0 Å². The summed E-state index contributed by atoms with van der Waals surface area (Å²) in [5, 5.41) is 0. The first kappa shape index (κ1) is 12.9. The van der Waals surface area contributed by atoms with E-state index in [2.05, 4.69) is 15.9 Å². The number of fused-ring (bicyclic) bond motifs is 1. The molecular weight excluding hydrogens is 308 g/mol. The molecule has 1 unspecified atom stereocenters. The highest BCUT2D eigenvalue weighted by Crippen LogP contribution is 2.42. The summed E-state index contributed by atoms with van der Waals surface area (Å²) in [5.74, 6) is 0.498. The lowest BCUT2D eigenvalue weighted by Gasteiger charge is -2.36. The van der Waals surface area contributed by atoms with E-state index in [1.807, 2.05) is 26.0 Å². The van der Waals surface area contributed by atoms with E-state index in [0.717, 1.165) is 10.0 Å². The van der Waals surface area contributed by atoms with Crippen LogP contribution in [0.5, 0.6) is 5.75 Å². The summed E-state index contributed by atoms with van der Waals surface area (Å²) < 4.78 is 37.6. The average molecular weight is 321 g/mol. The van der Waals surface area contributed by atoms with E-state index < -0.39 is 15.6 Å². The molecule has 6 heteroatoms. The van der Waals surface area contributed by atoms with Crippen LogP contribution in [0.25, 0.3) is 0 Å². The lowest BCUT2D eigenvalue weighted by atomic mass is 9.80. The first-order chi connectivity index (χ1) is 7.70. The van der Waals surface area contributed by atoms with Crippen LogP contribution in [0.3, 0.4) is 0 Å². The number of rotatable bonds is 1. The molecule has 1 aliphatic rings. The van der Waals surface area contributed by atoms with Crippen molar-refractivity contribution >= 4 is 26.0 Å². The van der Waals surface area contributed by atoms with Crippen LogP contribution in [0.2, 0.25) is 0 Å². The third kappa shape index (κ3) is 2.48. The predicted octanol–water partition coefficient (Wildman–Crippen LogP) is 2.72. The molecular formula is C11H13BrO4S. The molecule has 1 N–H and O–H groups in total.